The molecule has 2 N–H and O–H groups in total. The Balaban J connectivity index is 3.16. The van der Waals surface area contributed by atoms with Crippen LogP contribution in [0.25, 0.3) is 0 Å². The van der Waals surface area contributed by atoms with Gasteiger partial charge in [-0.05, 0) is 44.0 Å². The molecule has 1 aromatic rings. The summed E-state index contributed by atoms with van der Waals surface area (Å²) in [7, 11) is -3.73. The SMILES string of the molecule is CC#CCCNS(=O)(=O)c1cc(C(=O)O)cc(C)c1C. The number of aromatic carboxylic acids is 1. The fourth-order valence-electron chi connectivity index (χ4n) is 1.68. The van der Waals surface area contributed by atoms with Crippen LogP contribution < -0.4 is 4.72 Å². The minimum atomic E-state index is -3.73. The number of carbonyl (C=O) groups is 1. The van der Waals surface area contributed by atoms with E-state index in [1.807, 2.05) is 0 Å². The third-order valence-corrected chi connectivity index (χ3v) is 4.46. The summed E-state index contributed by atoms with van der Waals surface area (Å²) in [5.41, 5.74) is 1.13. The molecule has 0 radical (unpaired) electrons. The Morgan fingerprint density at radius 3 is 2.55 bits per heavy atom. The van der Waals surface area contributed by atoms with Gasteiger partial charge in [0.15, 0.2) is 0 Å². The van der Waals surface area contributed by atoms with Crippen LogP contribution in [0.15, 0.2) is 17.0 Å². The van der Waals surface area contributed by atoms with Crippen LogP contribution >= 0.6 is 0 Å². The van der Waals surface area contributed by atoms with Gasteiger partial charge in [0, 0.05) is 13.0 Å². The highest BCUT2D eigenvalue weighted by atomic mass is 32.2. The number of hydrogen-bond acceptors (Lipinski definition) is 3. The third-order valence-electron chi connectivity index (χ3n) is 2.88. The van der Waals surface area contributed by atoms with Gasteiger partial charge in [-0.2, -0.15) is 0 Å². The topological polar surface area (TPSA) is 83.5 Å². The van der Waals surface area contributed by atoms with Crippen LogP contribution in [0, 0.1) is 25.7 Å². The van der Waals surface area contributed by atoms with Crippen LogP contribution in [-0.4, -0.2) is 26.0 Å². The number of hydrogen-bond donors (Lipinski definition) is 2. The van der Waals surface area contributed by atoms with Gasteiger partial charge in [0.1, 0.15) is 0 Å². The summed E-state index contributed by atoms with van der Waals surface area (Å²) in [5, 5.41) is 9.00. The van der Waals surface area contributed by atoms with E-state index in [1.165, 1.54) is 12.1 Å². The highest BCUT2D eigenvalue weighted by molar-refractivity contribution is 7.89. The molecule has 0 aromatic heterocycles. The van der Waals surface area contributed by atoms with Gasteiger partial charge in [0.05, 0.1) is 10.5 Å². The maximum Gasteiger partial charge on any atom is 0.335 e. The van der Waals surface area contributed by atoms with Crippen molar-refractivity contribution >= 4 is 16.0 Å². The summed E-state index contributed by atoms with van der Waals surface area (Å²) < 4.78 is 26.8. The van der Waals surface area contributed by atoms with Gasteiger partial charge >= 0.3 is 5.97 Å². The Labute approximate surface area is 119 Å². The second-order valence-electron chi connectivity index (χ2n) is 4.30. The average Bonchev–Trinajstić information content (AvgIpc) is 2.37. The first-order valence-electron chi connectivity index (χ1n) is 6.03. The third kappa shape index (κ3) is 3.83. The van der Waals surface area contributed by atoms with Crippen molar-refractivity contribution in [3.05, 3.63) is 28.8 Å². The summed E-state index contributed by atoms with van der Waals surface area (Å²) in [6.07, 6.45) is 0.409. The van der Waals surface area contributed by atoms with Gasteiger partial charge in [-0.15, -0.1) is 11.8 Å². The van der Waals surface area contributed by atoms with Crippen LogP contribution in [0.5, 0.6) is 0 Å². The van der Waals surface area contributed by atoms with E-state index >= 15 is 0 Å². The molecule has 0 aliphatic carbocycles. The summed E-state index contributed by atoms with van der Waals surface area (Å²) in [6.45, 7) is 5.21. The molecule has 0 amide bonds. The second-order valence-corrected chi connectivity index (χ2v) is 6.03. The summed E-state index contributed by atoms with van der Waals surface area (Å²) in [4.78, 5) is 11.0. The Morgan fingerprint density at radius 1 is 1.35 bits per heavy atom. The van der Waals surface area contributed by atoms with Crippen LogP contribution in [0.2, 0.25) is 0 Å². The summed E-state index contributed by atoms with van der Waals surface area (Å²) in [6, 6.07) is 2.64. The fraction of sp³-hybridized carbons (Fsp3) is 0.357. The van der Waals surface area contributed by atoms with Crippen LogP contribution in [0.3, 0.4) is 0 Å². The van der Waals surface area contributed by atoms with E-state index in [0.29, 0.717) is 17.5 Å². The second kappa shape index (κ2) is 6.55. The molecule has 1 rings (SSSR count). The Hall–Kier alpha value is -1.84. The first-order valence-corrected chi connectivity index (χ1v) is 7.51. The van der Waals surface area contributed by atoms with E-state index in [9.17, 15) is 13.2 Å². The van der Waals surface area contributed by atoms with Crippen molar-refractivity contribution in [1.82, 2.24) is 4.72 Å². The lowest BCUT2D eigenvalue weighted by Gasteiger charge is -2.11. The normalized spacial score (nSPS) is 10.8. The minimum Gasteiger partial charge on any atom is -0.478 e. The molecule has 0 spiro atoms. The number of carboxylic acid groups (broad SMARTS) is 1. The molecule has 0 unspecified atom stereocenters. The largest absolute Gasteiger partial charge is 0.478 e. The summed E-state index contributed by atoms with van der Waals surface area (Å²) >= 11 is 0. The molecule has 5 nitrogen and oxygen atoms in total. The molecule has 0 fully saturated rings. The van der Waals surface area contributed by atoms with Gasteiger partial charge in [-0.1, -0.05) is 0 Å². The number of sulfonamides is 1. The van der Waals surface area contributed by atoms with Crippen molar-refractivity contribution in [2.24, 2.45) is 0 Å². The van der Waals surface area contributed by atoms with E-state index < -0.39 is 16.0 Å². The predicted octanol–water partition coefficient (Wildman–Crippen LogP) is 1.69. The molecule has 6 heteroatoms. The zero-order chi connectivity index (χ0) is 15.3. The first-order chi connectivity index (χ1) is 9.29. The van der Waals surface area contributed by atoms with Crippen LogP contribution in [0.1, 0.15) is 34.8 Å². The van der Waals surface area contributed by atoms with Crippen LogP contribution in [-0.2, 0) is 10.0 Å². The van der Waals surface area contributed by atoms with Crippen molar-refractivity contribution in [3.8, 4) is 11.8 Å². The molecule has 0 saturated heterocycles. The van der Waals surface area contributed by atoms with E-state index in [4.69, 9.17) is 5.11 Å². The molecule has 20 heavy (non-hydrogen) atoms. The summed E-state index contributed by atoms with van der Waals surface area (Å²) in [5.74, 6) is 4.28. The molecule has 0 aliphatic rings. The number of benzene rings is 1. The van der Waals surface area contributed by atoms with E-state index in [2.05, 4.69) is 16.6 Å². The molecule has 108 valence electrons. The maximum atomic E-state index is 12.2. The van der Waals surface area contributed by atoms with Crippen molar-refractivity contribution in [3.63, 3.8) is 0 Å². The first kappa shape index (κ1) is 16.2. The quantitative estimate of drug-likeness (QED) is 0.639. The number of nitrogens with one attached hydrogen (secondary N) is 1. The van der Waals surface area contributed by atoms with Gasteiger partial charge in [0.25, 0.3) is 0 Å². The monoisotopic (exact) mass is 295 g/mol. The lowest BCUT2D eigenvalue weighted by atomic mass is 10.1. The fourth-order valence-corrected chi connectivity index (χ4v) is 3.05. The Morgan fingerprint density at radius 2 is 2.00 bits per heavy atom. The van der Waals surface area contributed by atoms with E-state index in [-0.39, 0.29) is 17.0 Å². The number of aryl methyl sites for hydroxylation is 1. The Bertz CT molecular complexity index is 681. The molecule has 0 heterocycles. The van der Waals surface area contributed by atoms with Crippen molar-refractivity contribution < 1.29 is 18.3 Å². The molecule has 1 aromatic carbocycles. The van der Waals surface area contributed by atoms with Gasteiger partial charge < -0.3 is 5.11 Å². The molecule has 0 aliphatic heterocycles. The molecule has 0 bridgehead atoms. The van der Waals surface area contributed by atoms with Crippen molar-refractivity contribution in [2.75, 3.05) is 6.54 Å². The maximum absolute atomic E-state index is 12.2. The lowest BCUT2D eigenvalue weighted by molar-refractivity contribution is 0.0696. The highest BCUT2D eigenvalue weighted by Gasteiger charge is 2.20. The zero-order valence-corrected chi connectivity index (χ0v) is 12.5. The number of rotatable bonds is 5. The molecule has 0 atom stereocenters. The molecule has 0 saturated carbocycles. The standard InChI is InChI=1S/C14H17NO4S/c1-4-5-6-7-15-20(18,19)13-9-12(14(16)17)8-10(2)11(13)3/h8-9,15H,6-7H2,1-3H3,(H,16,17). The van der Waals surface area contributed by atoms with Gasteiger partial charge in [-0.3, -0.25) is 0 Å². The molecular weight excluding hydrogens is 278 g/mol. The molecular formula is C14H17NO4S. The van der Waals surface area contributed by atoms with Crippen molar-refractivity contribution in [2.45, 2.75) is 32.1 Å². The predicted molar refractivity (Wildman–Crippen MR) is 76.1 cm³/mol. The minimum absolute atomic E-state index is 0.000595. The van der Waals surface area contributed by atoms with Crippen LogP contribution in [0.4, 0.5) is 0 Å². The Kier molecular flexibility index (Phi) is 5.31. The average molecular weight is 295 g/mol. The van der Waals surface area contributed by atoms with E-state index in [0.717, 1.165) is 0 Å². The smallest absolute Gasteiger partial charge is 0.335 e. The lowest BCUT2D eigenvalue weighted by Crippen LogP contribution is -2.26. The zero-order valence-electron chi connectivity index (χ0n) is 11.6. The van der Waals surface area contributed by atoms with Gasteiger partial charge in [0.2, 0.25) is 10.0 Å². The number of carboxylic acids is 1. The van der Waals surface area contributed by atoms with Gasteiger partial charge in [-0.25, -0.2) is 17.9 Å². The van der Waals surface area contributed by atoms with E-state index in [1.54, 1.807) is 20.8 Å². The highest BCUT2D eigenvalue weighted by Crippen LogP contribution is 2.21. The van der Waals surface area contributed by atoms with Crippen molar-refractivity contribution in [1.29, 1.82) is 0 Å².